The van der Waals surface area contributed by atoms with Gasteiger partial charge in [-0.15, -0.1) is 47.5 Å². The summed E-state index contributed by atoms with van der Waals surface area (Å²) >= 11 is 1.80. The van der Waals surface area contributed by atoms with E-state index in [2.05, 4.69) is 152 Å². The van der Waals surface area contributed by atoms with Crippen molar-refractivity contribution >= 4 is 77.7 Å². The molecule has 0 aliphatic carbocycles. The fourth-order valence-corrected chi connectivity index (χ4v) is 11.7. The van der Waals surface area contributed by atoms with Crippen molar-refractivity contribution in [2.24, 2.45) is 0 Å². The van der Waals surface area contributed by atoms with Crippen molar-refractivity contribution in [2.45, 2.75) is 39.4 Å². The van der Waals surface area contributed by atoms with Crippen molar-refractivity contribution in [2.75, 3.05) is 0 Å². The van der Waals surface area contributed by atoms with E-state index in [0.29, 0.717) is 0 Å². The Kier molecular flexibility index (Phi) is 11.8. The van der Waals surface area contributed by atoms with Crippen LogP contribution >= 0.6 is 11.3 Å². The minimum atomic E-state index is -1.57. The van der Waals surface area contributed by atoms with Gasteiger partial charge < -0.3 is 14.0 Å². The Morgan fingerprint density at radius 1 is 0.632 bits per heavy atom. The van der Waals surface area contributed by atoms with Gasteiger partial charge in [0.15, 0.2) is 0 Å². The van der Waals surface area contributed by atoms with E-state index in [9.17, 15) is 4.39 Å². The molecule has 4 aromatic heterocycles. The second kappa shape index (κ2) is 18.4. The third-order valence-corrected chi connectivity index (χ3v) is 15.6. The molecule has 0 bridgehead atoms. The molecule has 68 heavy (non-hydrogen) atoms. The van der Waals surface area contributed by atoms with Crippen LogP contribution in [0.5, 0.6) is 0 Å². The molecule has 0 N–H and O–H groups in total. The molecule has 8 heteroatoms. The standard InChI is InChI=1S/C37H22FN2O.C23H24NSSi.Ir/c38-29-16-10-25(11-17-29)26-12-18-30(19-13-26)40-34-9-5-4-8-33(34)39-37(40)28-15-21-36-32(23-28)31-22-27(14-20-35(31)41-36)24-6-2-1-3-7-24;1-15(2)18-13-20(24-14-23(18)26(3,4)5)16-10-11-22-19(12-16)17-8-6-7-9-21(17)25-22;/h1-14,16-23H;6-9,11-15H,1-5H3;/q2*-1;/i;15D;. The molecule has 4 nitrogen and oxygen atoms in total. The number of rotatable bonds is 7. The molecular formula is C60H46FIrN3OSSi-2. The molecule has 0 spiro atoms. The number of halogens is 1. The number of benzene rings is 8. The Morgan fingerprint density at radius 2 is 1.28 bits per heavy atom. The maximum Gasteiger partial charge on any atom is 0.123 e. The van der Waals surface area contributed by atoms with E-state index in [1.807, 2.05) is 56.4 Å². The molecule has 4 heterocycles. The molecule has 0 amide bonds. The van der Waals surface area contributed by atoms with Crippen molar-refractivity contribution in [1.82, 2.24) is 14.5 Å². The van der Waals surface area contributed by atoms with Gasteiger partial charge in [-0.1, -0.05) is 147 Å². The molecule has 0 saturated carbocycles. The zero-order chi connectivity index (χ0) is 46.7. The van der Waals surface area contributed by atoms with E-state index in [1.165, 1.54) is 37.5 Å². The van der Waals surface area contributed by atoms with Crippen molar-refractivity contribution in [3.63, 3.8) is 0 Å². The summed E-state index contributed by atoms with van der Waals surface area (Å²) in [4.78, 5) is 9.83. The van der Waals surface area contributed by atoms with Crippen LogP contribution in [-0.2, 0) is 20.1 Å². The number of hydrogen-bond acceptors (Lipinski definition) is 4. The van der Waals surface area contributed by atoms with Crippen LogP contribution in [0.4, 0.5) is 4.39 Å². The van der Waals surface area contributed by atoms with Crippen LogP contribution in [0, 0.1) is 17.9 Å². The fraction of sp³-hybridized carbons (Fsp3) is 0.100. The predicted octanol–water partition coefficient (Wildman–Crippen LogP) is 16.4. The summed E-state index contributed by atoms with van der Waals surface area (Å²) in [6.45, 7) is 10.9. The molecule has 12 rings (SSSR count). The van der Waals surface area contributed by atoms with E-state index in [0.717, 1.165) is 89.1 Å². The number of pyridine rings is 1. The van der Waals surface area contributed by atoms with Crippen LogP contribution in [0.1, 0.15) is 26.7 Å². The van der Waals surface area contributed by atoms with E-state index in [4.69, 9.17) is 15.8 Å². The zero-order valence-electron chi connectivity index (χ0n) is 39.2. The third kappa shape index (κ3) is 8.54. The van der Waals surface area contributed by atoms with Gasteiger partial charge in [0.05, 0.1) is 30.5 Å². The largest absolute Gasteiger partial charge is 0.500 e. The van der Waals surface area contributed by atoms with Gasteiger partial charge in [0.2, 0.25) is 0 Å². The quantitative estimate of drug-likeness (QED) is 0.118. The first-order valence-corrected chi connectivity index (χ1v) is 26.8. The van der Waals surface area contributed by atoms with Crippen molar-refractivity contribution < 1.29 is 30.3 Å². The molecular weight excluding hydrogens is 1050 g/mol. The Morgan fingerprint density at radius 3 is 2.04 bits per heavy atom. The van der Waals surface area contributed by atoms with Crippen molar-refractivity contribution in [1.29, 1.82) is 0 Å². The van der Waals surface area contributed by atoms with E-state index in [1.54, 1.807) is 23.5 Å². The summed E-state index contributed by atoms with van der Waals surface area (Å²) in [5, 5.41) is 5.90. The Bertz CT molecular complexity index is 3830. The van der Waals surface area contributed by atoms with Gasteiger partial charge in [0.1, 0.15) is 11.4 Å². The summed E-state index contributed by atoms with van der Waals surface area (Å²) in [6.07, 6.45) is 2.01. The number of imidazole rings is 1. The van der Waals surface area contributed by atoms with Gasteiger partial charge in [-0.25, -0.2) is 4.39 Å². The minimum absolute atomic E-state index is 0. The maximum absolute atomic E-state index is 13.4. The molecule has 8 aromatic carbocycles. The molecule has 1 radical (unpaired) electrons. The number of nitrogens with zero attached hydrogens (tertiary/aromatic N) is 3. The van der Waals surface area contributed by atoms with Crippen LogP contribution in [0.2, 0.25) is 19.6 Å². The van der Waals surface area contributed by atoms with Crippen molar-refractivity contribution in [3.05, 3.63) is 206 Å². The van der Waals surface area contributed by atoms with E-state index in [-0.39, 0.29) is 25.9 Å². The number of para-hydroxylation sites is 2. The molecule has 335 valence electrons. The summed E-state index contributed by atoms with van der Waals surface area (Å²) in [5.41, 5.74) is 12.7. The van der Waals surface area contributed by atoms with Gasteiger partial charge in [-0.3, -0.25) is 4.98 Å². The van der Waals surface area contributed by atoms with Gasteiger partial charge in [-0.05, 0) is 104 Å². The molecule has 0 atom stereocenters. The number of furan rings is 1. The summed E-state index contributed by atoms with van der Waals surface area (Å²) in [5.74, 6) is -0.0852. The first-order valence-electron chi connectivity index (χ1n) is 23.0. The SMILES string of the molecule is Fc1ccc(-c2ccc(-n3c(-c4[c-]cc5oc6ccc(-c7ccccc7)cc6c5c4)nc4ccccc43)cc2)cc1.[2H]C(C)(C)c1cc(-c2[c-]cc3sc4ccccc4c3c2)ncc1[Si](C)(C)C.[Ir]. The molecule has 12 aromatic rings. The van der Waals surface area contributed by atoms with Crippen LogP contribution in [0.15, 0.2) is 187 Å². The number of aromatic nitrogens is 3. The number of fused-ring (bicyclic) bond motifs is 7. The Labute approximate surface area is 415 Å². The van der Waals surface area contributed by atoms with Gasteiger partial charge in [0.25, 0.3) is 0 Å². The fourth-order valence-electron chi connectivity index (χ4n) is 9.01. The summed E-state index contributed by atoms with van der Waals surface area (Å²) < 4.78 is 33.0. The van der Waals surface area contributed by atoms with E-state index >= 15 is 0 Å². The Hall–Kier alpha value is -6.80. The number of hydrogen-bond donors (Lipinski definition) is 0. The topological polar surface area (TPSA) is 43.9 Å². The average molecular weight is 1100 g/mol. The first-order chi connectivity index (χ1) is 32.9. The third-order valence-electron chi connectivity index (χ3n) is 12.5. The zero-order valence-corrected chi connectivity index (χ0v) is 42.4. The molecule has 0 unspecified atom stereocenters. The smallest absolute Gasteiger partial charge is 0.123 e. The molecule has 0 saturated heterocycles. The van der Waals surface area contributed by atoms with Gasteiger partial charge in [-0.2, -0.15) is 11.3 Å². The van der Waals surface area contributed by atoms with E-state index < -0.39 is 14.0 Å². The second-order valence-corrected chi connectivity index (χ2v) is 24.3. The van der Waals surface area contributed by atoms with Crippen LogP contribution in [-0.4, -0.2) is 22.6 Å². The first kappa shape index (κ1) is 43.7. The monoisotopic (exact) mass is 1100 g/mol. The van der Waals surface area contributed by atoms with Crippen LogP contribution in [0.3, 0.4) is 0 Å². The maximum atomic E-state index is 13.4. The normalized spacial score (nSPS) is 12.1. The van der Waals surface area contributed by atoms with Crippen LogP contribution < -0.4 is 5.19 Å². The minimum Gasteiger partial charge on any atom is -0.500 e. The average Bonchev–Trinajstić information content (AvgIpc) is 4.05. The molecule has 0 fully saturated rings. The van der Waals surface area contributed by atoms with Crippen molar-refractivity contribution in [3.8, 4) is 50.6 Å². The van der Waals surface area contributed by atoms with Crippen LogP contribution in [0.25, 0.3) is 104 Å². The van der Waals surface area contributed by atoms with Gasteiger partial charge in [0, 0.05) is 43.4 Å². The second-order valence-electron chi connectivity index (χ2n) is 18.2. The Balaban J connectivity index is 0.000000172. The molecule has 0 aliphatic rings. The molecule has 0 aliphatic heterocycles. The predicted molar refractivity (Wildman–Crippen MR) is 282 cm³/mol. The summed E-state index contributed by atoms with van der Waals surface area (Å²) in [6, 6.07) is 65.5. The van der Waals surface area contributed by atoms with Gasteiger partial charge >= 0.3 is 0 Å². The summed E-state index contributed by atoms with van der Waals surface area (Å²) in [7, 11) is -1.57. The number of thiophene rings is 1.